The van der Waals surface area contributed by atoms with E-state index in [4.69, 9.17) is 0 Å². The summed E-state index contributed by atoms with van der Waals surface area (Å²) >= 11 is 0. The van der Waals surface area contributed by atoms with Crippen molar-refractivity contribution in [2.75, 3.05) is 0 Å². The normalized spacial score (nSPS) is 14.7. The minimum absolute atomic E-state index is 0.0182. The van der Waals surface area contributed by atoms with Crippen molar-refractivity contribution in [1.29, 1.82) is 0 Å². The Morgan fingerprint density at radius 3 is 2.50 bits per heavy atom. The number of carboxylic acids is 1. The lowest BCUT2D eigenvalue weighted by Crippen LogP contribution is -2.42. The number of carboxylic acid groups (broad SMARTS) is 1. The zero-order valence-electron chi connectivity index (χ0n) is 12.3. The van der Waals surface area contributed by atoms with Crippen LogP contribution in [0, 0.1) is 5.92 Å². The molecule has 0 bridgehead atoms. The highest BCUT2D eigenvalue weighted by Crippen LogP contribution is 2.20. The lowest BCUT2D eigenvalue weighted by Gasteiger charge is -2.22. The highest BCUT2D eigenvalue weighted by Gasteiger charge is 2.25. The van der Waals surface area contributed by atoms with E-state index < -0.39 is 12.0 Å². The number of benzene rings is 1. The molecule has 2 N–H and O–H groups in total. The van der Waals surface area contributed by atoms with E-state index in [1.54, 1.807) is 0 Å². The summed E-state index contributed by atoms with van der Waals surface area (Å²) in [6.07, 6.45) is 0. The Morgan fingerprint density at radius 1 is 1.30 bits per heavy atom. The van der Waals surface area contributed by atoms with Gasteiger partial charge < -0.3 is 9.67 Å². The molecular weight excluding hydrogens is 254 g/mol. The van der Waals surface area contributed by atoms with Gasteiger partial charge in [0, 0.05) is 7.05 Å². The molecule has 1 aromatic heterocycles. The van der Waals surface area contributed by atoms with Crippen molar-refractivity contribution in [2.24, 2.45) is 13.0 Å². The molecule has 2 atom stereocenters. The average Bonchev–Trinajstić information content (AvgIpc) is 2.73. The third-order valence-corrected chi connectivity index (χ3v) is 3.57. The molecule has 2 aromatic rings. The number of rotatable bonds is 5. The Balaban J connectivity index is 2.29. The van der Waals surface area contributed by atoms with E-state index in [9.17, 15) is 9.90 Å². The Hall–Kier alpha value is -1.88. The second-order valence-electron chi connectivity index (χ2n) is 5.47. The Morgan fingerprint density at radius 2 is 1.95 bits per heavy atom. The van der Waals surface area contributed by atoms with Gasteiger partial charge in [-0.2, -0.15) is 0 Å². The Labute approximate surface area is 118 Å². The summed E-state index contributed by atoms with van der Waals surface area (Å²) < 4.78 is 2.01. The van der Waals surface area contributed by atoms with Gasteiger partial charge in [0.1, 0.15) is 11.9 Å². The maximum atomic E-state index is 11.3. The molecule has 0 saturated carbocycles. The van der Waals surface area contributed by atoms with E-state index in [1.165, 1.54) is 0 Å². The van der Waals surface area contributed by atoms with E-state index >= 15 is 0 Å². The molecule has 2 rings (SSSR count). The van der Waals surface area contributed by atoms with Crippen LogP contribution < -0.4 is 5.32 Å². The van der Waals surface area contributed by atoms with Crippen molar-refractivity contribution in [2.45, 2.75) is 32.9 Å². The lowest BCUT2D eigenvalue weighted by molar-refractivity contribution is -0.140. The van der Waals surface area contributed by atoms with Crippen LogP contribution in [0.4, 0.5) is 0 Å². The fraction of sp³-hybridized carbons (Fsp3) is 0.467. The number of aromatic nitrogens is 2. The van der Waals surface area contributed by atoms with Crippen LogP contribution >= 0.6 is 0 Å². The number of nitrogens with zero attached hydrogens (tertiary/aromatic N) is 2. The lowest BCUT2D eigenvalue weighted by atomic mass is 10.0. The molecule has 0 spiro atoms. The molecule has 0 aliphatic carbocycles. The highest BCUT2D eigenvalue weighted by molar-refractivity contribution is 5.76. The minimum atomic E-state index is -0.828. The summed E-state index contributed by atoms with van der Waals surface area (Å²) in [5.41, 5.74) is 1.97. The van der Waals surface area contributed by atoms with Crippen LogP contribution in [-0.2, 0) is 11.8 Å². The number of aryl methyl sites for hydroxylation is 1. The summed E-state index contributed by atoms with van der Waals surface area (Å²) in [5.74, 6) is 0.0355. The van der Waals surface area contributed by atoms with Gasteiger partial charge in [-0.15, -0.1) is 0 Å². The van der Waals surface area contributed by atoms with Crippen molar-refractivity contribution < 1.29 is 9.90 Å². The van der Waals surface area contributed by atoms with E-state index in [2.05, 4.69) is 10.3 Å². The van der Waals surface area contributed by atoms with Gasteiger partial charge in [-0.3, -0.25) is 10.1 Å². The van der Waals surface area contributed by atoms with Gasteiger partial charge in [-0.25, -0.2) is 4.98 Å². The van der Waals surface area contributed by atoms with Crippen molar-refractivity contribution in [3.8, 4) is 0 Å². The van der Waals surface area contributed by atoms with Crippen LogP contribution in [0.2, 0.25) is 0 Å². The van der Waals surface area contributed by atoms with E-state index in [-0.39, 0.29) is 12.0 Å². The molecule has 1 heterocycles. The third-order valence-electron chi connectivity index (χ3n) is 3.57. The number of hydrogen-bond acceptors (Lipinski definition) is 3. The number of nitrogens with one attached hydrogen (secondary N) is 1. The maximum Gasteiger partial charge on any atom is 0.320 e. The molecule has 0 amide bonds. The first kappa shape index (κ1) is 14.5. The van der Waals surface area contributed by atoms with Gasteiger partial charge in [0.2, 0.25) is 0 Å². The molecule has 0 radical (unpaired) electrons. The van der Waals surface area contributed by atoms with Crippen LogP contribution in [0.15, 0.2) is 24.3 Å². The number of aliphatic carboxylic acids is 1. The number of para-hydroxylation sites is 2. The van der Waals surface area contributed by atoms with Crippen molar-refractivity contribution in [3.05, 3.63) is 30.1 Å². The van der Waals surface area contributed by atoms with Gasteiger partial charge in [-0.1, -0.05) is 26.0 Å². The van der Waals surface area contributed by atoms with E-state index in [0.29, 0.717) is 0 Å². The Bertz CT molecular complexity index is 619. The standard InChI is InChI=1S/C15H21N3O2/c1-9(2)13(15(19)20)16-10(3)14-17-11-7-5-6-8-12(11)18(14)4/h5-10,13,16H,1-4H3,(H,19,20). The fourth-order valence-electron chi connectivity index (χ4n) is 2.44. The van der Waals surface area contributed by atoms with Crippen molar-refractivity contribution in [1.82, 2.24) is 14.9 Å². The van der Waals surface area contributed by atoms with Crippen molar-refractivity contribution >= 4 is 17.0 Å². The van der Waals surface area contributed by atoms with E-state index in [1.807, 2.05) is 56.7 Å². The zero-order valence-corrected chi connectivity index (χ0v) is 12.3. The molecular formula is C15H21N3O2. The molecule has 108 valence electrons. The summed E-state index contributed by atoms with van der Waals surface area (Å²) in [6, 6.07) is 7.18. The van der Waals surface area contributed by atoms with Gasteiger partial charge >= 0.3 is 5.97 Å². The van der Waals surface area contributed by atoms with Crippen molar-refractivity contribution in [3.63, 3.8) is 0 Å². The first-order valence-corrected chi connectivity index (χ1v) is 6.82. The van der Waals surface area contributed by atoms with Crippen LogP contribution in [0.3, 0.4) is 0 Å². The SMILES string of the molecule is CC(NC(C(=O)O)C(C)C)c1nc2ccccc2n1C. The summed E-state index contributed by atoms with van der Waals surface area (Å²) in [5, 5.41) is 12.4. The van der Waals surface area contributed by atoms with Crippen LogP contribution in [0.5, 0.6) is 0 Å². The van der Waals surface area contributed by atoms with Gasteiger partial charge in [0.25, 0.3) is 0 Å². The zero-order chi connectivity index (χ0) is 14.9. The number of hydrogen-bond donors (Lipinski definition) is 2. The van der Waals surface area contributed by atoms with E-state index in [0.717, 1.165) is 16.9 Å². The van der Waals surface area contributed by atoms with Crippen LogP contribution in [-0.4, -0.2) is 26.7 Å². The molecule has 0 saturated heterocycles. The first-order chi connectivity index (χ1) is 9.41. The topological polar surface area (TPSA) is 67.2 Å². The monoisotopic (exact) mass is 275 g/mol. The summed E-state index contributed by atoms with van der Waals surface area (Å²) in [6.45, 7) is 5.74. The van der Waals surface area contributed by atoms with Crippen LogP contribution in [0.25, 0.3) is 11.0 Å². The number of imidazole rings is 1. The molecule has 2 unspecified atom stereocenters. The second kappa shape index (κ2) is 5.63. The molecule has 0 fully saturated rings. The molecule has 1 aromatic carbocycles. The molecule has 20 heavy (non-hydrogen) atoms. The molecule has 5 heteroatoms. The van der Waals surface area contributed by atoms with Gasteiger partial charge in [0.15, 0.2) is 0 Å². The quantitative estimate of drug-likeness (QED) is 0.879. The summed E-state index contributed by atoms with van der Waals surface area (Å²) in [7, 11) is 1.95. The second-order valence-corrected chi connectivity index (χ2v) is 5.47. The predicted molar refractivity (Wildman–Crippen MR) is 78.5 cm³/mol. The molecule has 0 aliphatic heterocycles. The predicted octanol–water partition coefficient (Wildman–Crippen LogP) is 2.33. The number of carbonyl (C=O) groups is 1. The third kappa shape index (κ3) is 2.67. The van der Waals surface area contributed by atoms with Gasteiger partial charge in [0.05, 0.1) is 17.1 Å². The maximum absolute atomic E-state index is 11.3. The summed E-state index contributed by atoms with van der Waals surface area (Å²) in [4.78, 5) is 15.9. The smallest absolute Gasteiger partial charge is 0.320 e. The fourth-order valence-corrected chi connectivity index (χ4v) is 2.44. The first-order valence-electron chi connectivity index (χ1n) is 6.82. The molecule has 0 aliphatic rings. The largest absolute Gasteiger partial charge is 0.480 e. The van der Waals surface area contributed by atoms with Crippen LogP contribution in [0.1, 0.15) is 32.6 Å². The average molecular weight is 275 g/mol. The van der Waals surface area contributed by atoms with Gasteiger partial charge in [-0.05, 0) is 25.0 Å². The minimum Gasteiger partial charge on any atom is -0.480 e. The highest BCUT2D eigenvalue weighted by atomic mass is 16.4. The number of fused-ring (bicyclic) bond motifs is 1. The Kier molecular flexibility index (Phi) is 4.09. The molecule has 5 nitrogen and oxygen atoms in total.